The Morgan fingerprint density at radius 1 is 1.17 bits per heavy atom. The lowest BCUT2D eigenvalue weighted by molar-refractivity contribution is -0.116. The Kier molecular flexibility index (Phi) is 6.94. The SMILES string of the molecule is CC(C)(NCC(=O)C[P+](O)(O)CC1CCCCC1)c1ccccc1. The molecule has 0 unspecified atom stereocenters. The molecule has 1 aromatic carbocycles. The third-order valence-corrected chi connectivity index (χ3v) is 6.89. The molecule has 5 heteroatoms. The first-order valence-electron chi connectivity index (χ1n) is 8.93. The van der Waals surface area contributed by atoms with Gasteiger partial charge in [0.05, 0.1) is 6.54 Å². The van der Waals surface area contributed by atoms with Gasteiger partial charge in [0.1, 0.15) is 6.16 Å². The van der Waals surface area contributed by atoms with E-state index in [9.17, 15) is 14.6 Å². The second-order valence-corrected chi connectivity index (χ2v) is 10.0. The standard InChI is InChI=1S/C19H31NO3P/c1-19(2,17-11-7-4-8-12-17)20-13-18(21)15-24(22,23)14-16-9-5-3-6-10-16/h4,7-8,11-12,16,20,22-23H,3,5-6,9-10,13-15H2,1-2H3/q+1. The predicted octanol–water partition coefficient (Wildman–Crippen LogP) is 3.49. The van der Waals surface area contributed by atoms with E-state index < -0.39 is 7.72 Å². The molecule has 1 fully saturated rings. The van der Waals surface area contributed by atoms with E-state index in [1.165, 1.54) is 19.3 Å². The summed E-state index contributed by atoms with van der Waals surface area (Å²) in [5.41, 5.74) is 0.779. The number of hydrogen-bond acceptors (Lipinski definition) is 4. The van der Waals surface area contributed by atoms with Crippen LogP contribution in [0, 0.1) is 5.92 Å². The van der Waals surface area contributed by atoms with Gasteiger partial charge in [0.2, 0.25) is 0 Å². The molecule has 2 rings (SSSR count). The van der Waals surface area contributed by atoms with Crippen LogP contribution in [-0.4, -0.2) is 34.4 Å². The van der Waals surface area contributed by atoms with Gasteiger partial charge in [-0.05, 0) is 38.2 Å². The predicted molar refractivity (Wildman–Crippen MR) is 100 cm³/mol. The van der Waals surface area contributed by atoms with Crippen LogP contribution in [0.3, 0.4) is 0 Å². The summed E-state index contributed by atoms with van der Waals surface area (Å²) in [5, 5.41) is 3.25. The van der Waals surface area contributed by atoms with Gasteiger partial charge in [0, 0.05) is 5.54 Å². The average Bonchev–Trinajstić information content (AvgIpc) is 2.54. The molecular formula is C19H31NO3P+. The Hall–Kier alpha value is -0.800. The Bertz CT molecular complexity index is 525. The van der Waals surface area contributed by atoms with Crippen LogP contribution >= 0.6 is 7.72 Å². The maximum absolute atomic E-state index is 12.2. The van der Waals surface area contributed by atoms with E-state index in [4.69, 9.17) is 0 Å². The van der Waals surface area contributed by atoms with Gasteiger partial charge in [-0.15, -0.1) is 0 Å². The van der Waals surface area contributed by atoms with Crippen molar-refractivity contribution in [1.82, 2.24) is 5.32 Å². The van der Waals surface area contributed by atoms with E-state index in [-0.39, 0.29) is 24.0 Å². The molecule has 1 aromatic rings. The maximum atomic E-state index is 12.2. The number of rotatable bonds is 8. The minimum Gasteiger partial charge on any atom is -0.301 e. The Labute approximate surface area is 146 Å². The molecule has 0 radical (unpaired) electrons. The number of carbonyl (C=O) groups is 1. The van der Waals surface area contributed by atoms with Crippen LogP contribution in [0.2, 0.25) is 0 Å². The van der Waals surface area contributed by atoms with Gasteiger partial charge in [-0.25, -0.2) is 9.79 Å². The van der Waals surface area contributed by atoms with E-state index in [0.29, 0.717) is 12.1 Å². The Morgan fingerprint density at radius 2 is 1.79 bits per heavy atom. The zero-order valence-corrected chi connectivity index (χ0v) is 15.8. The highest BCUT2D eigenvalue weighted by atomic mass is 31.2. The van der Waals surface area contributed by atoms with Crippen molar-refractivity contribution in [3.8, 4) is 0 Å². The Morgan fingerprint density at radius 3 is 2.42 bits per heavy atom. The summed E-state index contributed by atoms with van der Waals surface area (Å²) >= 11 is 0. The molecule has 3 N–H and O–H groups in total. The van der Waals surface area contributed by atoms with Crippen molar-refractivity contribution in [1.29, 1.82) is 0 Å². The summed E-state index contributed by atoms with van der Waals surface area (Å²) in [6.45, 7) is 4.21. The zero-order valence-electron chi connectivity index (χ0n) is 14.9. The molecule has 1 aliphatic carbocycles. The Balaban J connectivity index is 1.81. The molecule has 4 nitrogen and oxygen atoms in total. The molecule has 0 aromatic heterocycles. The fraction of sp³-hybridized carbons (Fsp3) is 0.632. The molecule has 24 heavy (non-hydrogen) atoms. The van der Waals surface area contributed by atoms with Crippen LogP contribution < -0.4 is 5.32 Å². The van der Waals surface area contributed by atoms with Crippen molar-refractivity contribution in [3.63, 3.8) is 0 Å². The highest BCUT2D eigenvalue weighted by molar-refractivity contribution is 7.65. The molecule has 1 saturated carbocycles. The normalized spacial score (nSPS) is 17.0. The molecule has 0 saturated heterocycles. The minimum atomic E-state index is -3.11. The molecule has 0 heterocycles. The molecule has 0 bridgehead atoms. The van der Waals surface area contributed by atoms with E-state index in [1.54, 1.807) is 0 Å². The second-order valence-electron chi connectivity index (χ2n) is 7.61. The van der Waals surface area contributed by atoms with Crippen molar-refractivity contribution < 1.29 is 14.6 Å². The maximum Gasteiger partial charge on any atom is 0.275 e. The summed E-state index contributed by atoms with van der Waals surface area (Å²) in [4.78, 5) is 32.8. The third kappa shape index (κ3) is 6.25. The van der Waals surface area contributed by atoms with Crippen molar-refractivity contribution >= 4 is 13.5 Å². The molecule has 0 atom stereocenters. The molecule has 134 valence electrons. The summed E-state index contributed by atoms with van der Waals surface area (Å²) in [7, 11) is -3.11. The number of ketones is 1. The first-order chi connectivity index (χ1) is 11.3. The summed E-state index contributed by atoms with van der Waals surface area (Å²) < 4.78 is 0. The topological polar surface area (TPSA) is 69.6 Å². The number of carbonyl (C=O) groups excluding carboxylic acids is 1. The van der Waals surface area contributed by atoms with Crippen molar-refractivity contribution in [3.05, 3.63) is 35.9 Å². The number of nitrogens with one attached hydrogen (secondary N) is 1. The highest BCUT2D eigenvalue weighted by Crippen LogP contribution is 2.53. The van der Waals surface area contributed by atoms with Crippen LogP contribution in [0.1, 0.15) is 51.5 Å². The summed E-state index contributed by atoms with van der Waals surface area (Å²) in [6, 6.07) is 9.96. The van der Waals surface area contributed by atoms with E-state index in [1.807, 2.05) is 44.2 Å². The van der Waals surface area contributed by atoms with Crippen LogP contribution in [-0.2, 0) is 10.3 Å². The van der Waals surface area contributed by atoms with Crippen LogP contribution in [0.4, 0.5) is 0 Å². The van der Waals surface area contributed by atoms with E-state index >= 15 is 0 Å². The molecule has 0 aliphatic heterocycles. The van der Waals surface area contributed by atoms with Crippen LogP contribution in [0.25, 0.3) is 0 Å². The monoisotopic (exact) mass is 352 g/mol. The molecule has 0 spiro atoms. The van der Waals surface area contributed by atoms with Gasteiger partial charge in [-0.1, -0.05) is 49.6 Å². The first-order valence-corrected chi connectivity index (χ1v) is 11.0. The number of hydrogen-bond donors (Lipinski definition) is 3. The van der Waals surface area contributed by atoms with Gasteiger partial charge in [-0.2, -0.15) is 0 Å². The highest BCUT2D eigenvalue weighted by Gasteiger charge is 2.39. The van der Waals surface area contributed by atoms with E-state index in [2.05, 4.69) is 5.32 Å². The quantitative estimate of drug-likeness (QED) is 0.627. The van der Waals surface area contributed by atoms with Crippen molar-refractivity contribution in [2.45, 2.75) is 51.5 Å². The zero-order chi connectivity index (χ0) is 17.6. The van der Waals surface area contributed by atoms with Gasteiger partial charge < -0.3 is 5.32 Å². The number of benzene rings is 1. The largest absolute Gasteiger partial charge is 0.301 e. The second kappa shape index (κ2) is 8.53. The smallest absolute Gasteiger partial charge is 0.275 e. The molecule has 0 amide bonds. The first kappa shape index (κ1) is 19.5. The van der Waals surface area contributed by atoms with Crippen LogP contribution in [0.5, 0.6) is 0 Å². The fourth-order valence-electron chi connectivity index (χ4n) is 3.46. The minimum absolute atomic E-state index is 0.0959. The van der Waals surface area contributed by atoms with Gasteiger partial charge in [0.25, 0.3) is 7.72 Å². The number of Topliss-reactive ketones (excluding diaryl/α,β-unsaturated/α-hetero) is 1. The summed E-state index contributed by atoms with van der Waals surface area (Å²) in [5.74, 6) is 0.261. The van der Waals surface area contributed by atoms with E-state index in [0.717, 1.165) is 18.4 Å². The van der Waals surface area contributed by atoms with Gasteiger partial charge in [-0.3, -0.25) is 4.79 Å². The fourth-order valence-corrected chi connectivity index (χ4v) is 5.46. The lowest BCUT2D eigenvalue weighted by Crippen LogP contribution is -2.40. The molecular weight excluding hydrogens is 321 g/mol. The average molecular weight is 352 g/mol. The van der Waals surface area contributed by atoms with Crippen LogP contribution in [0.15, 0.2) is 30.3 Å². The lowest BCUT2D eigenvalue weighted by Gasteiger charge is -2.27. The lowest BCUT2D eigenvalue weighted by atomic mass is 9.91. The van der Waals surface area contributed by atoms with Gasteiger partial charge in [0.15, 0.2) is 11.9 Å². The van der Waals surface area contributed by atoms with Crippen molar-refractivity contribution in [2.24, 2.45) is 5.92 Å². The van der Waals surface area contributed by atoms with Gasteiger partial charge >= 0.3 is 0 Å². The van der Waals surface area contributed by atoms with Crippen molar-refractivity contribution in [2.75, 3.05) is 18.9 Å². The summed E-state index contributed by atoms with van der Waals surface area (Å²) in [6.07, 6.45) is 6.04. The molecule has 1 aliphatic rings. The third-order valence-electron chi connectivity index (χ3n) is 4.93.